The van der Waals surface area contributed by atoms with Crippen LogP contribution in [0.2, 0.25) is 0 Å². The van der Waals surface area contributed by atoms with Crippen molar-refractivity contribution < 1.29 is 19.1 Å². The summed E-state index contributed by atoms with van der Waals surface area (Å²) < 4.78 is 10.2. The normalized spacial score (nSPS) is 14.9. The van der Waals surface area contributed by atoms with E-state index in [1.807, 2.05) is 0 Å². The Hall–Kier alpha value is -2.08. The van der Waals surface area contributed by atoms with Crippen LogP contribution in [-0.4, -0.2) is 49.7 Å². The highest BCUT2D eigenvalue weighted by atomic mass is 16.5. The third kappa shape index (κ3) is 3.27. The predicted molar refractivity (Wildman–Crippen MR) is 73.3 cm³/mol. The zero-order valence-corrected chi connectivity index (χ0v) is 11.4. The number of nitrogens with zero attached hydrogens (tertiary/aromatic N) is 1. The summed E-state index contributed by atoms with van der Waals surface area (Å²) >= 11 is 0. The Morgan fingerprint density at radius 1 is 1.35 bits per heavy atom. The van der Waals surface area contributed by atoms with Gasteiger partial charge in [-0.15, -0.1) is 0 Å². The Morgan fingerprint density at radius 3 is 2.75 bits per heavy atom. The summed E-state index contributed by atoms with van der Waals surface area (Å²) in [5.41, 5.74) is 7.31. The van der Waals surface area contributed by atoms with Crippen LogP contribution in [-0.2, 0) is 14.3 Å². The van der Waals surface area contributed by atoms with E-state index in [0.29, 0.717) is 43.1 Å². The predicted octanol–water partition coefficient (Wildman–Crippen LogP) is 0.593. The number of ether oxygens (including phenoxy) is 2. The number of esters is 1. The van der Waals surface area contributed by atoms with Gasteiger partial charge in [-0.05, 0) is 24.6 Å². The van der Waals surface area contributed by atoms with E-state index in [1.165, 1.54) is 0 Å². The highest BCUT2D eigenvalue weighted by Crippen LogP contribution is 2.16. The van der Waals surface area contributed by atoms with Gasteiger partial charge in [0.25, 0.3) is 5.91 Å². The summed E-state index contributed by atoms with van der Waals surface area (Å²) in [5, 5.41) is 0. The third-order valence-electron chi connectivity index (χ3n) is 3.29. The molecule has 1 fully saturated rings. The molecule has 108 valence electrons. The van der Waals surface area contributed by atoms with Crippen molar-refractivity contribution in [3.63, 3.8) is 0 Å². The Balaban J connectivity index is 1.91. The maximum absolute atomic E-state index is 11.9. The fraction of sp³-hybridized carbons (Fsp3) is 0.429. The van der Waals surface area contributed by atoms with Gasteiger partial charge in [0.2, 0.25) is 0 Å². The van der Waals surface area contributed by atoms with E-state index < -0.39 is 5.97 Å². The lowest BCUT2D eigenvalue weighted by Crippen LogP contribution is -2.42. The average molecular weight is 278 g/mol. The lowest BCUT2D eigenvalue weighted by Gasteiger charge is -2.26. The number of nitrogen functional groups attached to an aromatic ring is 1. The molecule has 0 atom stereocenters. The first kappa shape index (κ1) is 14.3. The SMILES string of the molecule is Cc1c(N)cccc1C(=O)OCC(=O)N1CCOCC1. The molecule has 1 aromatic rings. The zero-order valence-electron chi connectivity index (χ0n) is 11.4. The Kier molecular flexibility index (Phi) is 4.57. The van der Waals surface area contributed by atoms with Crippen LogP contribution < -0.4 is 5.73 Å². The second kappa shape index (κ2) is 6.38. The quantitative estimate of drug-likeness (QED) is 0.646. The van der Waals surface area contributed by atoms with Gasteiger partial charge in [-0.1, -0.05) is 6.07 Å². The number of benzene rings is 1. The molecule has 0 saturated carbocycles. The van der Waals surface area contributed by atoms with Crippen molar-refractivity contribution in [2.24, 2.45) is 0 Å². The van der Waals surface area contributed by atoms with E-state index in [-0.39, 0.29) is 12.5 Å². The van der Waals surface area contributed by atoms with Crippen LogP contribution in [0.1, 0.15) is 15.9 Å². The number of rotatable bonds is 3. The molecule has 0 radical (unpaired) electrons. The van der Waals surface area contributed by atoms with Gasteiger partial charge in [-0.25, -0.2) is 4.79 Å². The first-order valence-electron chi connectivity index (χ1n) is 6.47. The molecule has 0 unspecified atom stereocenters. The van der Waals surface area contributed by atoms with E-state index in [2.05, 4.69) is 0 Å². The van der Waals surface area contributed by atoms with Gasteiger partial charge in [-0.3, -0.25) is 4.79 Å². The molecule has 0 aromatic heterocycles. The van der Waals surface area contributed by atoms with Gasteiger partial charge in [0.15, 0.2) is 6.61 Å². The first-order chi connectivity index (χ1) is 9.59. The van der Waals surface area contributed by atoms with Crippen molar-refractivity contribution in [2.75, 3.05) is 38.6 Å². The molecule has 1 aliphatic heterocycles. The molecule has 0 aliphatic carbocycles. The van der Waals surface area contributed by atoms with Crippen LogP contribution >= 0.6 is 0 Å². The van der Waals surface area contributed by atoms with E-state index in [9.17, 15) is 9.59 Å². The molecular weight excluding hydrogens is 260 g/mol. The fourth-order valence-corrected chi connectivity index (χ4v) is 1.98. The van der Waals surface area contributed by atoms with Crippen molar-refractivity contribution in [3.8, 4) is 0 Å². The maximum atomic E-state index is 11.9. The Bertz CT molecular complexity index is 510. The van der Waals surface area contributed by atoms with Crippen molar-refractivity contribution >= 4 is 17.6 Å². The molecule has 6 nitrogen and oxygen atoms in total. The maximum Gasteiger partial charge on any atom is 0.338 e. The monoisotopic (exact) mass is 278 g/mol. The van der Waals surface area contributed by atoms with Gasteiger partial charge in [-0.2, -0.15) is 0 Å². The first-order valence-corrected chi connectivity index (χ1v) is 6.47. The molecule has 1 amide bonds. The molecule has 1 saturated heterocycles. The lowest BCUT2D eigenvalue weighted by molar-refractivity contribution is -0.138. The topological polar surface area (TPSA) is 81.9 Å². The van der Waals surface area contributed by atoms with Gasteiger partial charge in [0.05, 0.1) is 18.8 Å². The van der Waals surface area contributed by atoms with Crippen molar-refractivity contribution in [1.82, 2.24) is 4.90 Å². The Labute approximate surface area is 117 Å². The minimum atomic E-state index is -0.531. The number of amides is 1. The van der Waals surface area contributed by atoms with Crippen LogP contribution in [0.25, 0.3) is 0 Å². The fourth-order valence-electron chi connectivity index (χ4n) is 1.98. The minimum absolute atomic E-state index is 0.205. The smallest absolute Gasteiger partial charge is 0.338 e. The molecule has 2 N–H and O–H groups in total. The second-order valence-electron chi connectivity index (χ2n) is 4.59. The van der Waals surface area contributed by atoms with Crippen molar-refractivity contribution in [3.05, 3.63) is 29.3 Å². The number of hydrogen-bond acceptors (Lipinski definition) is 5. The summed E-state index contributed by atoms with van der Waals surface area (Å²) in [6, 6.07) is 5.03. The van der Waals surface area contributed by atoms with Gasteiger partial charge >= 0.3 is 5.97 Å². The van der Waals surface area contributed by atoms with Crippen LogP contribution in [0.4, 0.5) is 5.69 Å². The zero-order chi connectivity index (χ0) is 14.5. The molecule has 0 spiro atoms. The van der Waals surface area contributed by atoms with Crippen molar-refractivity contribution in [2.45, 2.75) is 6.92 Å². The van der Waals surface area contributed by atoms with Crippen LogP contribution in [0.5, 0.6) is 0 Å². The number of anilines is 1. The summed E-state index contributed by atoms with van der Waals surface area (Å²) in [4.78, 5) is 25.4. The summed E-state index contributed by atoms with van der Waals surface area (Å²) in [6.45, 7) is 3.60. The second-order valence-corrected chi connectivity index (χ2v) is 4.59. The lowest BCUT2D eigenvalue weighted by atomic mass is 10.1. The molecule has 6 heteroatoms. The number of carbonyl (C=O) groups excluding carboxylic acids is 2. The number of hydrogen-bond donors (Lipinski definition) is 1. The van der Waals surface area contributed by atoms with E-state index in [0.717, 1.165) is 0 Å². The van der Waals surface area contributed by atoms with Crippen LogP contribution in [0, 0.1) is 6.92 Å². The highest BCUT2D eigenvalue weighted by Gasteiger charge is 2.19. The highest BCUT2D eigenvalue weighted by molar-refractivity contribution is 5.94. The third-order valence-corrected chi connectivity index (χ3v) is 3.29. The van der Waals surface area contributed by atoms with E-state index >= 15 is 0 Å². The number of nitrogens with two attached hydrogens (primary N) is 1. The van der Waals surface area contributed by atoms with Gasteiger partial charge in [0, 0.05) is 18.8 Å². The molecule has 1 heterocycles. The summed E-state index contributed by atoms with van der Waals surface area (Å²) in [6.07, 6.45) is 0. The molecule has 1 aliphatic rings. The largest absolute Gasteiger partial charge is 0.452 e. The standard InChI is InChI=1S/C14H18N2O4/c1-10-11(3-2-4-12(10)15)14(18)20-9-13(17)16-5-7-19-8-6-16/h2-4H,5-9,15H2,1H3. The summed E-state index contributed by atoms with van der Waals surface area (Å²) in [7, 11) is 0. The molecule has 1 aromatic carbocycles. The van der Waals surface area contributed by atoms with Gasteiger partial charge in [0.1, 0.15) is 0 Å². The minimum Gasteiger partial charge on any atom is -0.452 e. The van der Waals surface area contributed by atoms with Gasteiger partial charge < -0.3 is 20.1 Å². The Morgan fingerprint density at radius 2 is 2.05 bits per heavy atom. The van der Waals surface area contributed by atoms with Crippen molar-refractivity contribution in [1.29, 1.82) is 0 Å². The number of morpholine rings is 1. The van der Waals surface area contributed by atoms with Crippen LogP contribution in [0.3, 0.4) is 0 Å². The van der Waals surface area contributed by atoms with E-state index in [4.69, 9.17) is 15.2 Å². The molecule has 2 rings (SSSR count). The molecule has 20 heavy (non-hydrogen) atoms. The molecular formula is C14H18N2O4. The molecule has 0 bridgehead atoms. The van der Waals surface area contributed by atoms with Crippen LogP contribution in [0.15, 0.2) is 18.2 Å². The average Bonchev–Trinajstić information content (AvgIpc) is 2.48. The summed E-state index contributed by atoms with van der Waals surface area (Å²) in [5.74, 6) is -0.736. The number of carbonyl (C=O) groups is 2. The van der Waals surface area contributed by atoms with E-state index in [1.54, 1.807) is 30.0 Å².